The van der Waals surface area contributed by atoms with Gasteiger partial charge in [-0.2, -0.15) is 0 Å². The average Bonchev–Trinajstić information content (AvgIpc) is 3.10. The highest BCUT2D eigenvalue weighted by atomic mass is 16.3. The van der Waals surface area contributed by atoms with Crippen molar-refractivity contribution in [3.8, 4) is 0 Å². The van der Waals surface area contributed by atoms with Gasteiger partial charge in [0.1, 0.15) is 5.82 Å². The van der Waals surface area contributed by atoms with Crippen LogP contribution >= 0.6 is 0 Å². The highest BCUT2D eigenvalue weighted by Crippen LogP contribution is 2.31. The van der Waals surface area contributed by atoms with Gasteiger partial charge in [0.25, 0.3) is 0 Å². The summed E-state index contributed by atoms with van der Waals surface area (Å²) in [4.78, 5) is 6.78. The predicted molar refractivity (Wildman–Crippen MR) is 65.5 cm³/mol. The van der Waals surface area contributed by atoms with Gasteiger partial charge in [-0.05, 0) is 43.9 Å². The molecule has 1 aromatic rings. The van der Waals surface area contributed by atoms with E-state index in [0.29, 0.717) is 6.04 Å². The molecule has 0 radical (unpaired) electrons. The minimum atomic E-state index is -0.413. The van der Waals surface area contributed by atoms with Crippen LogP contribution in [-0.2, 0) is 0 Å². The van der Waals surface area contributed by atoms with Gasteiger partial charge in [0.15, 0.2) is 0 Å². The van der Waals surface area contributed by atoms with Gasteiger partial charge >= 0.3 is 0 Å². The van der Waals surface area contributed by atoms with E-state index in [0.717, 1.165) is 24.3 Å². The lowest BCUT2D eigenvalue weighted by Gasteiger charge is -2.23. The van der Waals surface area contributed by atoms with Gasteiger partial charge in [-0.25, -0.2) is 4.98 Å². The van der Waals surface area contributed by atoms with Crippen molar-refractivity contribution in [3.63, 3.8) is 0 Å². The third kappa shape index (κ3) is 2.53. The van der Waals surface area contributed by atoms with E-state index < -0.39 is 6.10 Å². The average molecular weight is 220 g/mol. The van der Waals surface area contributed by atoms with Crippen LogP contribution in [-0.4, -0.2) is 22.7 Å². The second kappa shape index (κ2) is 4.83. The maximum Gasteiger partial charge on any atom is 0.129 e. The molecule has 1 aliphatic rings. The van der Waals surface area contributed by atoms with Crippen LogP contribution in [0.4, 0.5) is 5.82 Å². The van der Waals surface area contributed by atoms with Gasteiger partial charge in [-0.3, -0.25) is 0 Å². The van der Waals surface area contributed by atoms with Crippen LogP contribution in [0.1, 0.15) is 44.8 Å². The molecule has 0 spiro atoms. The molecule has 88 valence electrons. The van der Waals surface area contributed by atoms with E-state index in [1.54, 1.807) is 13.1 Å². The van der Waals surface area contributed by atoms with Crippen LogP contribution < -0.4 is 4.90 Å². The van der Waals surface area contributed by atoms with Crippen molar-refractivity contribution in [2.45, 2.75) is 45.3 Å². The summed E-state index contributed by atoms with van der Waals surface area (Å²) < 4.78 is 0. The first-order valence-corrected chi connectivity index (χ1v) is 6.13. The van der Waals surface area contributed by atoms with Gasteiger partial charge in [0.2, 0.25) is 0 Å². The Labute approximate surface area is 97.1 Å². The maximum absolute atomic E-state index is 9.57. The molecule has 0 unspecified atom stereocenters. The Bertz CT molecular complexity index is 348. The number of nitrogens with zero attached hydrogens (tertiary/aromatic N) is 2. The fourth-order valence-electron chi connectivity index (χ4n) is 1.96. The summed E-state index contributed by atoms with van der Waals surface area (Å²) in [5, 5.41) is 9.57. The van der Waals surface area contributed by atoms with Crippen LogP contribution in [0.2, 0.25) is 0 Å². The quantitative estimate of drug-likeness (QED) is 0.828. The number of aliphatic hydroxyl groups excluding tert-OH is 1. The van der Waals surface area contributed by atoms with Crippen molar-refractivity contribution >= 4 is 5.82 Å². The number of pyridine rings is 1. The van der Waals surface area contributed by atoms with Crippen LogP contribution in [0.3, 0.4) is 0 Å². The number of aromatic nitrogens is 1. The zero-order chi connectivity index (χ0) is 11.5. The van der Waals surface area contributed by atoms with Gasteiger partial charge < -0.3 is 10.0 Å². The molecule has 0 amide bonds. The molecule has 1 saturated carbocycles. The first-order chi connectivity index (χ1) is 7.72. The predicted octanol–water partition coefficient (Wildman–Crippen LogP) is 2.51. The molecule has 0 aliphatic heterocycles. The first kappa shape index (κ1) is 11.4. The van der Waals surface area contributed by atoms with Crippen molar-refractivity contribution in [2.24, 2.45) is 0 Å². The summed E-state index contributed by atoms with van der Waals surface area (Å²) in [6.45, 7) is 5.04. The molecule has 1 N–H and O–H groups in total. The van der Waals surface area contributed by atoms with Gasteiger partial charge in [0.05, 0.1) is 6.10 Å². The Kier molecular flexibility index (Phi) is 3.44. The summed E-state index contributed by atoms with van der Waals surface area (Å²) in [5.74, 6) is 1.02. The molecule has 1 atom stereocenters. The largest absolute Gasteiger partial charge is 0.389 e. The fraction of sp³-hybridized carbons (Fsp3) is 0.615. The number of aliphatic hydroxyl groups is 1. The number of hydrogen-bond acceptors (Lipinski definition) is 3. The van der Waals surface area contributed by atoms with E-state index in [9.17, 15) is 5.11 Å². The van der Waals surface area contributed by atoms with E-state index >= 15 is 0 Å². The molecule has 1 fully saturated rings. The topological polar surface area (TPSA) is 36.4 Å². The minimum absolute atomic E-state index is 0.413. The maximum atomic E-state index is 9.57. The van der Waals surface area contributed by atoms with Crippen molar-refractivity contribution < 1.29 is 5.11 Å². The van der Waals surface area contributed by atoms with Crippen molar-refractivity contribution in [3.05, 3.63) is 23.9 Å². The fourth-order valence-corrected chi connectivity index (χ4v) is 1.96. The molecule has 1 aliphatic carbocycles. The summed E-state index contributed by atoms with van der Waals surface area (Å²) in [6, 6.07) is 4.57. The molecule has 16 heavy (non-hydrogen) atoms. The van der Waals surface area contributed by atoms with E-state index in [1.165, 1.54) is 12.8 Å². The van der Waals surface area contributed by atoms with Gasteiger partial charge in [-0.15, -0.1) is 0 Å². The smallest absolute Gasteiger partial charge is 0.129 e. The van der Waals surface area contributed by atoms with E-state index in [-0.39, 0.29) is 0 Å². The Morgan fingerprint density at radius 1 is 1.56 bits per heavy atom. The van der Waals surface area contributed by atoms with Crippen LogP contribution in [0.5, 0.6) is 0 Å². The van der Waals surface area contributed by atoms with Crippen molar-refractivity contribution in [1.82, 2.24) is 4.98 Å². The third-order valence-electron chi connectivity index (χ3n) is 3.00. The lowest BCUT2D eigenvalue weighted by molar-refractivity contribution is 0.199. The second-order valence-corrected chi connectivity index (χ2v) is 4.55. The number of anilines is 1. The molecule has 3 nitrogen and oxygen atoms in total. The van der Waals surface area contributed by atoms with E-state index in [4.69, 9.17) is 0 Å². The molecule has 0 saturated heterocycles. The van der Waals surface area contributed by atoms with Crippen molar-refractivity contribution in [2.75, 3.05) is 11.4 Å². The van der Waals surface area contributed by atoms with Crippen LogP contribution in [0.25, 0.3) is 0 Å². The zero-order valence-electron chi connectivity index (χ0n) is 10.1. The highest BCUT2D eigenvalue weighted by molar-refractivity contribution is 5.44. The van der Waals surface area contributed by atoms with Gasteiger partial charge in [-0.1, -0.05) is 6.92 Å². The minimum Gasteiger partial charge on any atom is -0.389 e. The lowest BCUT2D eigenvalue weighted by atomic mass is 10.1. The summed E-state index contributed by atoms with van der Waals surface area (Å²) >= 11 is 0. The lowest BCUT2D eigenvalue weighted by Crippen LogP contribution is -2.27. The Morgan fingerprint density at radius 2 is 2.31 bits per heavy atom. The number of hydrogen-bond donors (Lipinski definition) is 1. The SMILES string of the molecule is CCCN(c1cc([C@@H](C)O)ccn1)C1CC1. The molecule has 0 bridgehead atoms. The van der Waals surface area contributed by atoms with Gasteiger partial charge in [0, 0.05) is 18.8 Å². The number of rotatable bonds is 5. The summed E-state index contributed by atoms with van der Waals surface area (Å²) in [5.41, 5.74) is 0.951. The van der Waals surface area contributed by atoms with Crippen LogP contribution in [0.15, 0.2) is 18.3 Å². The molecular formula is C13H20N2O. The first-order valence-electron chi connectivity index (χ1n) is 6.13. The Morgan fingerprint density at radius 3 is 2.88 bits per heavy atom. The molecular weight excluding hydrogens is 200 g/mol. The molecule has 3 heteroatoms. The van der Waals surface area contributed by atoms with Crippen molar-refractivity contribution in [1.29, 1.82) is 0 Å². The highest BCUT2D eigenvalue weighted by Gasteiger charge is 2.29. The molecule has 1 heterocycles. The van der Waals surface area contributed by atoms with Crippen LogP contribution in [0, 0.1) is 0 Å². The molecule has 2 rings (SSSR count). The Balaban J connectivity index is 2.19. The summed E-state index contributed by atoms with van der Waals surface area (Å²) in [6.07, 6.45) is 5.07. The summed E-state index contributed by atoms with van der Waals surface area (Å²) in [7, 11) is 0. The van der Waals surface area contributed by atoms with E-state index in [2.05, 4.69) is 16.8 Å². The standard InChI is InChI=1S/C13H20N2O/c1-3-8-15(12-4-5-12)13-9-11(10(2)16)6-7-14-13/h6-7,9-10,12,16H,3-5,8H2,1-2H3/t10-/m1/s1. The normalized spacial score (nSPS) is 17.2. The zero-order valence-corrected chi connectivity index (χ0v) is 10.1. The monoisotopic (exact) mass is 220 g/mol. The molecule has 1 aromatic heterocycles. The Hall–Kier alpha value is -1.09. The van der Waals surface area contributed by atoms with E-state index in [1.807, 2.05) is 12.1 Å². The third-order valence-corrected chi connectivity index (χ3v) is 3.00. The molecule has 0 aromatic carbocycles. The second-order valence-electron chi connectivity index (χ2n) is 4.55.